The first-order valence-electron chi connectivity index (χ1n) is 10.5. The lowest BCUT2D eigenvalue weighted by Gasteiger charge is -2.38. The summed E-state index contributed by atoms with van der Waals surface area (Å²) in [5, 5.41) is 20.0. The molecule has 0 fully saturated rings. The number of carbonyl (C=O) groups is 2. The molecule has 0 spiro atoms. The fourth-order valence-electron chi connectivity index (χ4n) is 3.07. The van der Waals surface area contributed by atoms with Crippen LogP contribution in [0.3, 0.4) is 0 Å². The third-order valence-corrected chi connectivity index (χ3v) is 9.07. The molecule has 0 aliphatic heterocycles. The smallest absolute Gasteiger partial charge is 0.347 e. The number of benzene rings is 3. The summed E-state index contributed by atoms with van der Waals surface area (Å²) in [7, 11) is 0. The lowest BCUT2D eigenvalue weighted by atomic mass is 10.0. The zero-order chi connectivity index (χ0) is 25.6. The molecule has 1 amide bonds. The molecule has 3 aromatic rings. The number of hydrogen-bond donors (Lipinski definition) is 2. The maximum atomic E-state index is 13.2. The second-order valence-corrected chi connectivity index (χ2v) is 10.2. The molecule has 8 nitrogen and oxygen atoms in total. The van der Waals surface area contributed by atoms with E-state index in [1.165, 1.54) is 43.3 Å². The Morgan fingerprint density at radius 2 is 1.34 bits per heavy atom. The number of carbonyl (C=O) groups excluding carboxylic acids is 2. The highest BCUT2D eigenvalue weighted by Crippen LogP contribution is 2.46. The predicted octanol–water partition coefficient (Wildman–Crippen LogP) is 5.90. The molecule has 0 radical (unpaired) electrons. The van der Waals surface area contributed by atoms with Crippen LogP contribution in [0, 0.1) is 0 Å². The monoisotopic (exact) mass is 703 g/mol. The largest absolute Gasteiger partial charge is 0.508 e. The number of aromatic hydroxyl groups is 2. The van der Waals surface area contributed by atoms with E-state index in [2.05, 4.69) is 22.6 Å². The zero-order valence-electron chi connectivity index (χ0n) is 18.9. The van der Waals surface area contributed by atoms with E-state index < -0.39 is 19.3 Å². The first-order valence-corrected chi connectivity index (χ1v) is 12.8. The summed E-state index contributed by atoms with van der Waals surface area (Å²) >= 11 is 3.97. The Morgan fingerprint density at radius 1 is 0.886 bits per heavy atom. The molecule has 1 unspecified atom stereocenters. The number of rotatable bonds is 9. The van der Waals surface area contributed by atoms with Gasteiger partial charge in [0, 0.05) is 6.92 Å². The first kappa shape index (κ1) is 26.9. The molecular formula is C25H23I2NO7. The van der Waals surface area contributed by atoms with E-state index >= 15 is 0 Å². The summed E-state index contributed by atoms with van der Waals surface area (Å²) in [6, 6.07) is 19.2. The van der Waals surface area contributed by atoms with Gasteiger partial charge in [-0.3, -0.25) is 4.79 Å². The maximum absolute atomic E-state index is 13.2. The van der Waals surface area contributed by atoms with Crippen molar-refractivity contribution < 1.29 is 34.1 Å². The number of hydroxylamine groups is 2. The molecule has 35 heavy (non-hydrogen) atoms. The molecule has 2 N–H and O–H groups in total. The normalized spacial score (nSPS) is 13.3. The Kier molecular flexibility index (Phi) is 9.05. The average Bonchev–Trinajstić information content (AvgIpc) is 2.84. The number of halogens is 2. The SMILES string of the molecule is CCOC(=O)[C@](I)(C(I)c1ccc(Oc2ccc(O)cc2)cc1)N(Oc1ccc(O)cc1)C(C)=O. The van der Waals surface area contributed by atoms with Crippen LogP contribution in [-0.4, -0.2) is 37.3 Å². The van der Waals surface area contributed by atoms with Crippen LogP contribution in [0.4, 0.5) is 0 Å². The topological polar surface area (TPSA) is 106 Å². The van der Waals surface area contributed by atoms with Crippen LogP contribution in [0.15, 0.2) is 72.8 Å². The van der Waals surface area contributed by atoms with Gasteiger partial charge in [0.1, 0.15) is 23.0 Å². The van der Waals surface area contributed by atoms with Gasteiger partial charge in [-0.2, -0.15) is 0 Å². The van der Waals surface area contributed by atoms with Crippen molar-refractivity contribution in [3.8, 4) is 28.7 Å². The molecule has 0 heterocycles. The molecular weight excluding hydrogens is 680 g/mol. The zero-order valence-corrected chi connectivity index (χ0v) is 23.2. The molecule has 0 aliphatic rings. The molecule has 3 rings (SSSR count). The summed E-state index contributed by atoms with van der Waals surface area (Å²) in [6.45, 7) is 3.11. The van der Waals surface area contributed by atoms with Crippen molar-refractivity contribution >= 4 is 57.1 Å². The molecule has 0 saturated heterocycles. The van der Waals surface area contributed by atoms with Gasteiger partial charge in [0.25, 0.3) is 5.91 Å². The number of amides is 1. The van der Waals surface area contributed by atoms with Crippen molar-refractivity contribution in [2.75, 3.05) is 6.61 Å². The molecule has 0 bridgehead atoms. The third kappa shape index (κ3) is 6.48. The third-order valence-electron chi connectivity index (χ3n) is 4.76. The summed E-state index contributed by atoms with van der Waals surface area (Å²) in [5.41, 5.74) is 0.728. The Morgan fingerprint density at radius 3 is 1.80 bits per heavy atom. The lowest BCUT2D eigenvalue weighted by Crippen LogP contribution is -2.56. The molecule has 10 heteroatoms. The number of phenols is 2. The van der Waals surface area contributed by atoms with Gasteiger partial charge in [0.15, 0.2) is 5.75 Å². The summed E-state index contributed by atoms with van der Waals surface area (Å²) in [6.07, 6.45) is 0. The van der Waals surface area contributed by atoms with Crippen molar-refractivity contribution in [2.24, 2.45) is 0 Å². The van der Waals surface area contributed by atoms with E-state index in [9.17, 15) is 19.8 Å². The van der Waals surface area contributed by atoms with Crippen LogP contribution in [-0.2, 0) is 14.3 Å². The Labute approximate surface area is 230 Å². The van der Waals surface area contributed by atoms with Gasteiger partial charge < -0.3 is 24.5 Å². The predicted molar refractivity (Wildman–Crippen MR) is 146 cm³/mol. The number of esters is 1. The fourth-order valence-corrected chi connectivity index (χ4v) is 4.95. The minimum Gasteiger partial charge on any atom is -0.508 e. The van der Waals surface area contributed by atoms with E-state index in [0.717, 1.165) is 10.6 Å². The van der Waals surface area contributed by atoms with Crippen molar-refractivity contribution in [1.82, 2.24) is 5.06 Å². The number of ether oxygens (including phenoxy) is 2. The average molecular weight is 703 g/mol. The van der Waals surface area contributed by atoms with Gasteiger partial charge >= 0.3 is 5.97 Å². The summed E-state index contributed by atoms with van der Waals surface area (Å²) < 4.78 is 9.00. The molecule has 3 aromatic carbocycles. The highest BCUT2D eigenvalue weighted by atomic mass is 127. The van der Waals surface area contributed by atoms with Crippen molar-refractivity contribution in [3.63, 3.8) is 0 Å². The first-order chi connectivity index (χ1) is 16.6. The van der Waals surface area contributed by atoms with Crippen molar-refractivity contribution in [2.45, 2.75) is 21.3 Å². The maximum Gasteiger partial charge on any atom is 0.347 e. The fraction of sp³-hybridized carbons (Fsp3) is 0.200. The number of hydrogen-bond acceptors (Lipinski definition) is 7. The minimum atomic E-state index is -1.56. The minimum absolute atomic E-state index is 0.0410. The van der Waals surface area contributed by atoms with Gasteiger partial charge in [-0.05, 0) is 95.7 Å². The van der Waals surface area contributed by atoms with Gasteiger partial charge in [-0.15, -0.1) is 5.06 Å². The Bertz CT molecular complexity index is 1150. The van der Waals surface area contributed by atoms with Crippen LogP contribution in [0.25, 0.3) is 0 Å². The second-order valence-electron chi connectivity index (χ2n) is 7.32. The summed E-state index contributed by atoms with van der Waals surface area (Å²) in [4.78, 5) is 31.7. The Hall–Kier alpha value is -2.74. The van der Waals surface area contributed by atoms with Crippen LogP contribution in [0.2, 0.25) is 0 Å². The molecule has 0 aliphatic carbocycles. The number of alkyl halides is 2. The van der Waals surface area contributed by atoms with Gasteiger partial charge in [-0.25, -0.2) is 4.79 Å². The summed E-state index contributed by atoms with van der Waals surface area (Å²) in [5.74, 6) is 0.419. The van der Waals surface area contributed by atoms with Crippen LogP contribution >= 0.6 is 45.2 Å². The second kappa shape index (κ2) is 11.8. The van der Waals surface area contributed by atoms with Crippen LogP contribution in [0.5, 0.6) is 28.7 Å². The van der Waals surface area contributed by atoms with Gasteiger partial charge in [0.2, 0.25) is 3.55 Å². The van der Waals surface area contributed by atoms with E-state index in [1.807, 2.05) is 22.6 Å². The quantitative estimate of drug-likeness (QED) is 0.0941. The van der Waals surface area contributed by atoms with E-state index in [4.69, 9.17) is 14.3 Å². The standard InChI is InChI=1S/C25H23I2NO7/c1-3-33-24(32)25(27,28(16(2)29)35-22-14-8-19(31)9-15-22)23(26)17-4-10-20(11-5-17)34-21-12-6-18(30)7-13-21/h4-15,23,30-31H,3H2,1-2H3/t23?,25-/m0/s1. The van der Waals surface area contributed by atoms with Crippen LogP contribution < -0.4 is 9.57 Å². The molecule has 0 saturated carbocycles. The molecule has 184 valence electrons. The van der Waals surface area contributed by atoms with Gasteiger partial charge in [0.05, 0.1) is 10.5 Å². The molecule has 0 aromatic heterocycles. The van der Waals surface area contributed by atoms with Crippen molar-refractivity contribution in [3.05, 3.63) is 78.4 Å². The lowest BCUT2D eigenvalue weighted by molar-refractivity contribution is -0.181. The van der Waals surface area contributed by atoms with E-state index in [-0.39, 0.29) is 23.9 Å². The van der Waals surface area contributed by atoms with E-state index in [0.29, 0.717) is 11.5 Å². The highest BCUT2D eigenvalue weighted by Gasteiger charge is 2.53. The molecule has 2 atom stereocenters. The number of nitrogens with zero attached hydrogens (tertiary/aromatic N) is 1. The number of phenolic OH excluding ortho intramolecular Hbond substituents is 2. The van der Waals surface area contributed by atoms with Gasteiger partial charge in [-0.1, -0.05) is 34.7 Å². The van der Waals surface area contributed by atoms with Crippen LogP contribution in [0.1, 0.15) is 23.3 Å². The van der Waals surface area contributed by atoms with E-state index in [1.54, 1.807) is 43.3 Å². The van der Waals surface area contributed by atoms with Crippen molar-refractivity contribution in [1.29, 1.82) is 0 Å². The highest BCUT2D eigenvalue weighted by molar-refractivity contribution is 14.1. The Balaban J connectivity index is 1.91.